The number of sulfonamides is 1. The van der Waals surface area contributed by atoms with Crippen LogP contribution in [-0.2, 0) is 26.2 Å². The zero-order chi connectivity index (χ0) is 23.8. The monoisotopic (exact) mass is 490 g/mol. The Balaban J connectivity index is 1.50. The van der Waals surface area contributed by atoms with Crippen LogP contribution < -0.4 is 14.2 Å². The molecule has 3 rings (SSSR count). The highest BCUT2D eigenvalue weighted by Crippen LogP contribution is 2.33. The first kappa shape index (κ1) is 24.7. The maximum absolute atomic E-state index is 12.3. The number of benzene rings is 2. The minimum absolute atomic E-state index is 0.00814. The Labute approximate surface area is 197 Å². The van der Waals surface area contributed by atoms with Crippen molar-refractivity contribution in [3.8, 4) is 22.1 Å². The van der Waals surface area contributed by atoms with Gasteiger partial charge in [-0.25, -0.2) is 18.1 Å². The molecule has 0 radical (unpaired) electrons. The standard InChI is InChI=1S/C23H26N2O6S2/c1-4-30-20-10-7-17(13-21(20)29-3)23-25-18(15-32-23)14-31-22(26)11-12-24-33(27,28)19-8-5-16(2)6-9-19/h5-10,13,15,24H,4,11-12,14H2,1-3H3. The first-order valence-corrected chi connectivity index (χ1v) is 12.7. The second kappa shape index (κ2) is 11.3. The smallest absolute Gasteiger partial charge is 0.307 e. The summed E-state index contributed by atoms with van der Waals surface area (Å²) >= 11 is 1.42. The fraction of sp³-hybridized carbons (Fsp3) is 0.304. The van der Waals surface area contributed by atoms with E-state index in [2.05, 4.69) is 9.71 Å². The molecule has 1 N–H and O–H groups in total. The molecule has 0 amide bonds. The maximum Gasteiger partial charge on any atom is 0.307 e. The Morgan fingerprint density at radius 1 is 1.12 bits per heavy atom. The highest BCUT2D eigenvalue weighted by molar-refractivity contribution is 7.89. The summed E-state index contributed by atoms with van der Waals surface area (Å²) < 4.78 is 43.1. The van der Waals surface area contributed by atoms with Gasteiger partial charge in [-0.05, 0) is 44.2 Å². The third kappa shape index (κ3) is 6.77. The summed E-state index contributed by atoms with van der Waals surface area (Å²) in [7, 11) is -2.09. The lowest BCUT2D eigenvalue weighted by atomic mass is 10.2. The molecule has 0 unspecified atom stereocenters. The molecule has 33 heavy (non-hydrogen) atoms. The molecule has 0 aliphatic carbocycles. The molecule has 1 heterocycles. The molecule has 0 saturated heterocycles. The number of nitrogens with one attached hydrogen (secondary N) is 1. The minimum atomic E-state index is -3.67. The predicted octanol–water partition coefficient (Wildman–Crippen LogP) is 3.94. The van der Waals surface area contributed by atoms with Crippen molar-refractivity contribution in [1.29, 1.82) is 0 Å². The van der Waals surface area contributed by atoms with E-state index in [4.69, 9.17) is 14.2 Å². The van der Waals surface area contributed by atoms with Gasteiger partial charge in [0.05, 0.1) is 30.7 Å². The van der Waals surface area contributed by atoms with Gasteiger partial charge in [-0.1, -0.05) is 17.7 Å². The predicted molar refractivity (Wildman–Crippen MR) is 126 cm³/mol. The van der Waals surface area contributed by atoms with E-state index in [1.807, 2.05) is 37.4 Å². The van der Waals surface area contributed by atoms with E-state index < -0.39 is 16.0 Å². The summed E-state index contributed by atoms with van der Waals surface area (Å²) in [5, 5.41) is 2.57. The molecule has 1 aromatic heterocycles. The van der Waals surface area contributed by atoms with E-state index >= 15 is 0 Å². The van der Waals surface area contributed by atoms with Gasteiger partial charge in [0.2, 0.25) is 10.0 Å². The van der Waals surface area contributed by atoms with Crippen molar-refractivity contribution < 1.29 is 27.4 Å². The van der Waals surface area contributed by atoms with Gasteiger partial charge in [-0.3, -0.25) is 4.79 Å². The van der Waals surface area contributed by atoms with Crippen molar-refractivity contribution >= 4 is 27.3 Å². The Morgan fingerprint density at radius 2 is 1.88 bits per heavy atom. The van der Waals surface area contributed by atoms with E-state index in [1.165, 1.54) is 23.5 Å². The van der Waals surface area contributed by atoms with Crippen LogP contribution in [0.1, 0.15) is 24.6 Å². The number of nitrogens with zero attached hydrogens (tertiary/aromatic N) is 1. The average molecular weight is 491 g/mol. The molecule has 10 heteroatoms. The number of hydrogen-bond acceptors (Lipinski definition) is 8. The number of carbonyl (C=O) groups excluding carboxylic acids is 1. The number of methoxy groups -OCH3 is 1. The van der Waals surface area contributed by atoms with Crippen molar-refractivity contribution in [1.82, 2.24) is 9.71 Å². The summed E-state index contributed by atoms with van der Waals surface area (Å²) in [5.74, 6) is 0.761. The van der Waals surface area contributed by atoms with Crippen LogP contribution in [0.15, 0.2) is 52.7 Å². The molecule has 0 saturated carbocycles. The molecule has 0 spiro atoms. The van der Waals surface area contributed by atoms with Crippen molar-refractivity contribution in [3.05, 3.63) is 59.1 Å². The average Bonchev–Trinajstić information content (AvgIpc) is 3.27. The van der Waals surface area contributed by atoms with Gasteiger partial charge in [0.25, 0.3) is 0 Å². The first-order valence-electron chi connectivity index (χ1n) is 10.3. The second-order valence-electron chi connectivity index (χ2n) is 7.06. The summed E-state index contributed by atoms with van der Waals surface area (Å²) in [5.41, 5.74) is 2.43. The normalized spacial score (nSPS) is 11.2. The molecule has 0 aliphatic heterocycles. The minimum Gasteiger partial charge on any atom is -0.493 e. The number of rotatable bonds is 11. The third-order valence-electron chi connectivity index (χ3n) is 4.60. The van der Waals surface area contributed by atoms with Gasteiger partial charge in [0.1, 0.15) is 11.6 Å². The Kier molecular flexibility index (Phi) is 8.43. The zero-order valence-electron chi connectivity index (χ0n) is 18.7. The highest BCUT2D eigenvalue weighted by Gasteiger charge is 2.15. The van der Waals surface area contributed by atoms with Gasteiger partial charge in [-0.2, -0.15) is 0 Å². The van der Waals surface area contributed by atoms with Gasteiger partial charge < -0.3 is 14.2 Å². The van der Waals surface area contributed by atoms with E-state index in [1.54, 1.807) is 19.2 Å². The number of thiazole rings is 1. The summed E-state index contributed by atoms with van der Waals surface area (Å²) in [6.07, 6.45) is -0.0851. The molecule has 3 aromatic rings. The molecule has 0 aliphatic rings. The van der Waals surface area contributed by atoms with Crippen molar-refractivity contribution in [3.63, 3.8) is 0 Å². The van der Waals surface area contributed by atoms with Crippen LogP contribution >= 0.6 is 11.3 Å². The summed E-state index contributed by atoms with van der Waals surface area (Å²) in [6.45, 7) is 4.27. The number of esters is 1. The zero-order valence-corrected chi connectivity index (χ0v) is 20.3. The SMILES string of the molecule is CCOc1ccc(-c2nc(COC(=O)CCNS(=O)(=O)c3ccc(C)cc3)cs2)cc1OC. The number of hydrogen-bond donors (Lipinski definition) is 1. The molecular formula is C23H26N2O6S2. The number of aromatic nitrogens is 1. The van der Waals surface area contributed by atoms with Crippen molar-refractivity contribution in [2.75, 3.05) is 20.3 Å². The number of carbonyl (C=O) groups is 1. The van der Waals surface area contributed by atoms with Gasteiger partial charge in [-0.15, -0.1) is 11.3 Å². The van der Waals surface area contributed by atoms with Crippen LogP contribution in [-0.4, -0.2) is 39.6 Å². The largest absolute Gasteiger partial charge is 0.493 e. The van der Waals surface area contributed by atoms with Gasteiger partial charge in [0, 0.05) is 17.5 Å². The third-order valence-corrected chi connectivity index (χ3v) is 7.01. The molecule has 0 bridgehead atoms. The molecule has 0 atom stereocenters. The van der Waals surface area contributed by atoms with Gasteiger partial charge in [0.15, 0.2) is 11.5 Å². The maximum atomic E-state index is 12.3. The van der Waals surface area contributed by atoms with Crippen LogP contribution in [0.5, 0.6) is 11.5 Å². The number of aryl methyl sites for hydroxylation is 1. The molecule has 8 nitrogen and oxygen atoms in total. The van der Waals surface area contributed by atoms with E-state index in [0.717, 1.165) is 16.1 Å². The van der Waals surface area contributed by atoms with Gasteiger partial charge >= 0.3 is 5.97 Å². The fourth-order valence-corrected chi connectivity index (χ4v) is 4.73. The Morgan fingerprint density at radius 3 is 2.58 bits per heavy atom. The first-order chi connectivity index (χ1) is 15.8. The fourth-order valence-electron chi connectivity index (χ4n) is 2.90. The topological polar surface area (TPSA) is 104 Å². The van der Waals surface area contributed by atoms with Crippen LogP contribution in [0.4, 0.5) is 0 Å². The summed E-state index contributed by atoms with van der Waals surface area (Å²) in [6, 6.07) is 12.0. The molecule has 2 aromatic carbocycles. The lowest BCUT2D eigenvalue weighted by Gasteiger charge is -2.10. The van der Waals surface area contributed by atoms with Crippen LogP contribution in [0.2, 0.25) is 0 Å². The van der Waals surface area contributed by atoms with E-state index in [0.29, 0.717) is 23.8 Å². The van der Waals surface area contributed by atoms with Crippen LogP contribution in [0, 0.1) is 6.92 Å². The lowest BCUT2D eigenvalue weighted by Crippen LogP contribution is -2.26. The molecule has 176 valence electrons. The molecular weight excluding hydrogens is 464 g/mol. The van der Waals surface area contributed by atoms with Crippen LogP contribution in [0.3, 0.4) is 0 Å². The van der Waals surface area contributed by atoms with E-state index in [9.17, 15) is 13.2 Å². The van der Waals surface area contributed by atoms with Crippen molar-refractivity contribution in [2.45, 2.75) is 31.8 Å². The quantitative estimate of drug-likeness (QED) is 0.406. The van der Waals surface area contributed by atoms with E-state index in [-0.39, 0.29) is 24.5 Å². The van der Waals surface area contributed by atoms with Crippen LogP contribution in [0.25, 0.3) is 10.6 Å². The summed E-state index contributed by atoms with van der Waals surface area (Å²) in [4.78, 5) is 16.7. The Hall–Kier alpha value is -2.95. The lowest BCUT2D eigenvalue weighted by molar-refractivity contribution is -0.144. The molecule has 0 fully saturated rings. The number of ether oxygens (including phenoxy) is 3. The second-order valence-corrected chi connectivity index (χ2v) is 9.69. The Bertz CT molecular complexity index is 1190. The highest BCUT2D eigenvalue weighted by atomic mass is 32.2. The van der Waals surface area contributed by atoms with Crippen molar-refractivity contribution in [2.24, 2.45) is 0 Å².